The second-order valence-electron chi connectivity index (χ2n) is 6.74. The number of hydrogen-bond acceptors (Lipinski definition) is 2. The van der Waals surface area contributed by atoms with Crippen LogP contribution in [0.1, 0.15) is 59.3 Å². The van der Waals surface area contributed by atoms with E-state index in [0.717, 1.165) is 13.1 Å². The number of amides is 1. The molecule has 0 aromatic rings. The number of likely N-dealkylation sites (tertiary alicyclic amines) is 1. The van der Waals surface area contributed by atoms with Gasteiger partial charge in [-0.3, -0.25) is 4.79 Å². The van der Waals surface area contributed by atoms with Gasteiger partial charge in [0.1, 0.15) is 0 Å². The molecule has 3 nitrogen and oxygen atoms in total. The van der Waals surface area contributed by atoms with Crippen molar-refractivity contribution in [1.29, 1.82) is 0 Å². The molecule has 1 saturated heterocycles. The Kier molecular flexibility index (Phi) is 5.26. The maximum Gasteiger partial charge on any atom is 0.222 e. The summed E-state index contributed by atoms with van der Waals surface area (Å²) in [5.41, 5.74) is 0. The Labute approximate surface area is 118 Å². The molecule has 0 aromatic heterocycles. The summed E-state index contributed by atoms with van der Waals surface area (Å²) >= 11 is 0. The van der Waals surface area contributed by atoms with Crippen molar-refractivity contribution in [2.45, 2.75) is 71.4 Å². The standard InChI is InChI=1S/C16H30N2O/c1-4-16(19)18-10-13(12(2)3)9-15(11-18)17-14-7-5-6-8-14/h12-15,17H,4-11H2,1-3H3. The zero-order chi connectivity index (χ0) is 13.8. The quantitative estimate of drug-likeness (QED) is 0.848. The predicted molar refractivity (Wildman–Crippen MR) is 79.0 cm³/mol. The monoisotopic (exact) mass is 266 g/mol. The molecule has 1 aliphatic carbocycles. The minimum Gasteiger partial charge on any atom is -0.341 e. The van der Waals surface area contributed by atoms with Crippen LogP contribution < -0.4 is 5.32 Å². The molecule has 2 rings (SSSR count). The van der Waals surface area contributed by atoms with Crippen LogP contribution in [0.3, 0.4) is 0 Å². The van der Waals surface area contributed by atoms with E-state index in [1.807, 2.05) is 6.92 Å². The molecule has 0 bridgehead atoms. The summed E-state index contributed by atoms with van der Waals surface area (Å²) < 4.78 is 0. The molecule has 2 aliphatic rings. The van der Waals surface area contributed by atoms with Gasteiger partial charge in [0.15, 0.2) is 0 Å². The number of rotatable bonds is 4. The summed E-state index contributed by atoms with van der Waals surface area (Å²) in [7, 11) is 0. The molecule has 1 amide bonds. The van der Waals surface area contributed by atoms with E-state index in [1.54, 1.807) is 0 Å². The Morgan fingerprint density at radius 3 is 2.47 bits per heavy atom. The third kappa shape index (κ3) is 3.95. The molecule has 0 spiro atoms. The Morgan fingerprint density at radius 1 is 1.21 bits per heavy atom. The normalized spacial score (nSPS) is 29.2. The SMILES string of the molecule is CCC(=O)N1CC(NC2CCCC2)CC(C(C)C)C1. The largest absolute Gasteiger partial charge is 0.341 e. The van der Waals surface area contributed by atoms with Crippen LogP contribution in [0.4, 0.5) is 0 Å². The molecular weight excluding hydrogens is 236 g/mol. The summed E-state index contributed by atoms with van der Waals surface area (Å²) in [6, 6.07) is 1.22. The molecule has 1 N–H and O–H groups in total. The van der Waals surface area contributed by atoms with E-state index in [9.17, 15) is 4.79 Å². The van der Waals surface area contributed by atoms with E-state index in [0.29, 0.717) is 36.2 Å². The summed E-state index contributed by atoms with van der Waals surface area (Å²) in [6.07, 6.45) is 7.27. The Balaban J connectivity index is 1.95. The fourth-order valence-electron chi connectivity index (χ4n) is 3.59. The molecule has 19 heavy (non-hydrogen) atoms. The molecule has 1 saturated carbocycles. The highest BCUT2D eigenvalue weighted by atomic mass is 16.2. The fraction of sp³-hybridized carbons (Fsp3) is 0.938. The Bertz CT molecular complexity index is 295. The van der Waals surface area contributed by atoms with Gasteiger partial charge in [-0.05, 0) is 31.1 Å². The van der Waals surface area contributed by atoms with E-state index in [2.05, 4.69) is 24.1 Å². The van der Waals surface area contributed by atoms with Gasteiger partial charge in [0.25, 0.3) is 0 Å². The van der Waals surface area contributed by atoms with E-state index in [4.69, 9.17) is 0 Å². The summed E-state index contributed by atoms with van der Waals surface area (Å²) in [5.74, 6) is 1.65. The molecule has 2 atom stereocenters. The minimum absolute atomic E-state index is 0.323. The van der Waals surface area contributed by atoms with Crippen molar-refractivity contribution in [3.05, 3.63) is 0 Å². The number of hydrogen-bond donors (Lipinski definition) is 1. The Hall–Kier alpha value is -0.570. The van der Waals surface area contributed by atoms with Gasteiger partial charge in [0.05, 0.1) is 0 Å². The second kappa shape index (κ2) is 6.74. The molecule has 2 unspecified atom stereocenters. The smallest absolute Gasteiger partial charge is 0.222 e. The molecule has 0 aromatic carbocycles. The van der Waals surface area contributed by atoms with Gasteiger partial charge in [-0.15, -0.1) is 0 Å². The van der Waals surface area contributed by atoms with E-state index in [-0.39, 0.29) is 0 Å². The summed E-state index contributed by atoms with van der Waals surface area (Å²) in [4.78, 5) is 14.1. The highest BCUT2D eigenvalue weighted by Crippen LogP contribution is 2.26. The number of nitrogens with zero attached hydrogens (tertiary/aromatic N) is 1. The van der Waals surface area contributed by atoms with Gasteiger partial charge in [0, 0.05) is 31.6 Å². The van der Waals surface area contributed by atoms with Crippen molar-refractivity contribution in [2.24, 2.45) is 11.8 Å². The van der Waals surface area contributed by atoms with E-state index in [1.165, 1.54) is 32.1 Å². The zero-order valence-electron chi connectivity index (χ0n) is 12.8. The second-order valence-corrected chi connectivity index (χ2v) is 6.74. The third-order valence-electron chi connectivity index (χ3n) is 4.91. The first-order chi connectivity index (χ1) is 9.10. The van der Waals surface area contributed by atoms with Crippen LogP contribution in [0.15, 0.2) is 0 Å². The van der Waals surface area contributed by atoms with Crippen molar-refractivity contribution < 1.29 is 4.79 Å². The summed E-state index contributed by atoms with van der Waals surface area (Å²) in [5, 5.41) is 3.82. The lowest BCUT2D eigenvalue weighted by Gasteiger charge is -2.41. The molecular formula is C16H30N2O. The lowest BCUT2D eigenvalue weighted by Crippen LogP contribution is -2.53. The predicted octanol–water partition coefficient (Wildman–Crippen LogP) is 2.80. The first kappa shape index (κ1) is 14.8. The highest BCUT2D eigenvalue weighted by Gasteiger charge is 2.32. The van der Waals surface area contributed by atoms with Crippen molar-refractivity contribution in [1.82, 2.24) is 10.2 Å². The van der Waals surface area contributed by atoms with Crippen molar-refractivity contribution in [2.75, 3.05) is 13.1 Å². The van der Waals surface area contributed by atoms with E-state index < -0.39 is 0 Å². The van der Waals surface area contributed by atoms with Crippen LogP contribution in [0.5, 0.6) is 0 Å². The molecule has 0 radical (unpaired) electrons. The number of piperidine rings is 1. The molecule has 2 fully saturated rings. The number of carbonyl (C=O) groups excluding carboxylic acids is 1. The van der Waals surface area contributed by atoms with E-state index >= 15 is 0 Å². The number of carbonyl (C=O) groups is 1. The number of nitrogens with one attached hydrogen (secondary N) is 1. The first-order valence-electron chi connectivity index (χ1n) is 8.14. The maximum atomic E-state index is 12.0. The van der Waals surface area contributed by atoms with Crippen molar-refractivity contribution in [3.8, 4) is 0 Å². The molecule has 1 aliphatic heterocycles. The van der Waals surface area contributed by atoms with Crippen molar-refractivity contribution in [3.63, 3.8) is 0 Å². The topological polar surface area (TPSA) is 32.3 Å². The lowest BCUT2D eigenvalue weighted by molar-refractivity contribution is -0.133. The van der Waals surface area contributed by atoms with Gasteiger partial charge < -0.3 is 10.2 Å². The van der Waals surface area contributed by atoms with Gasteiger partial charge in [0.2, 0.25) is 5.91 Å². The van der Waals surface area contributed by atoms with Crippen LogP contribution in [0, 0.1) is 11.8 Å². The molecule has 110 valence electrons. The van der Waals surface area contributed by atoms with Gasteiger partial charge in [-0.25, -0.2) is 0 Å². The van der Waals surface area contributed by atoms with Crippen LogP contribution in [-0.2, 0) is 4.79 Å². The van der Waals surface area contributed by atoms with Crippen LogP contribution in [-0.4, -0.2) is 36.0 Å². The first-order valence-corrected chi connectivity index (χ1v) is 8.14. The highest BCUT2D eigenvalue weighted by molar-refractivity contribution is 5.76. The van der Waals surface area contributed by atoms with Gasteiger partial charge >= 0.3 is 0 Å². The summed E-state index contributed by atoms with van der Waals surface area (Å²) in [6.45, 7) is 8.44. The van der Waals surface area contributed by atoms with Gasteiger partial charge in [-0.2, -0.15) is 0 Å². The molecule has 3 heteroatoms. The molecule has 1 heterocycles. The Morgan fingerprint density at radius 2 is 1.89 bits per heavy atom. The van der Waals surface area contributed by atoms with Crippen LogP contribution >= 0.6 is 0 Å². The average molecular weight is 266 g/mol. The maximum absolute atomic E-state index is 12.0. The minimum atomic E-state index is 0.323. The van der Waals surface area contributed by atoms with Crippen LogP contribution in [0.25, 0.3) is 0 Å². The zero-order valence-corrected chi connectivity index (χ0v) is 12.8. The third-order valence-corrected chi connectivity index (χ3v) is 4.91. The fourth-order valence-corrected chi connectivity index (χ4v) is 3.59. The average Bonchev–Trinajstić information content (AvgIpc) is 2.90. The van der Waals surface area contributed by atoms with Crippen LogP contribution in [0.2, 0.25) is 0 Å². The van der Waals surface area contributed by atoms with Crippen molar-refractivity contribution >= 4 is 5.91 Å². The lowest BCUT2D eigenvalue weighted by atomic mass is 9.85. The van der Waals surface area contributed by atoms with Gasteiger partial charge in [-0.1, -0.05) is 33.6 Å².